The topological polar surface area (TPSA) is 19.7 Å². The molecule has 13 heterocycles. The Labute approximate surface area is 435 Å². The third-order valence-electron chi connectivity index (χ3n) is 14.5. The number of rotatable bonds is 0. The molecular formula is C60H56N4S6. The first-order valence-electron chi connectivity index (χ1n) is 25.4. The van der Waals surface area contributed by atoms with Gasteiger partial charge in [-0.1, -0.05) is 51.4 Å². The molecule has 352 valence electrons. The van der Waals surface area contributed by atoms with Crippen LogP contribution in [0, 0.1) is 0 Å². The van der Waals surface area contributed by atoms with Crippen LogP contribution < -0.4 is 0 Å². The number of aromatic nitrogens is 4. The summed E-state index contributed by atoms with van der Waals surface area (Å²) in [7, 11) is 0. The lowest BCUT2D eigenvalue weighted by Crippen LogP contribution is -2.02. The highest BCUT2D eigenvalue weighted by molar-refractivity contribution is 7.19. The smallest absolute Gasteiger partial charge is 0.0587 e. The maximum Gasteiger partial charge on any atom is 0.0587 e. The van der Waals surface area contributed by atoms with Crippen molar-refractivity contribution in [3.8, 4) is 84.6 Å². The van der Waals surface area contributed by atoms with Crippen LogP contribution in [0.5, 0.6) is 0 Å². The van der Waals surface area contributed by atoms with Crippen LogP contribution in [-0.4, -0.2) is 18.3 Å². The van der Waals surface area contributed by atoms with Gasteiger partial charge in [0.25, 0.3) is 0 Å². The van der Waals surface area contributed by atoms with E-state index < -0.39 is 0 Å². The number of hydrogen-bond donors (Lipinski definition) is 0. The molecule has 0 saturated carbocycles. The second kappa shape index (κ2) is 19.8. The lowest BCUT2D eigenvalue weighted by Gasteiger charge is -2.12. The van der Waals surface area contributed by atoms with Crippen LogP contribution in [0.1, 0.15) is 96.6 Å². The number of thiophene rings is 6. The molecule has 0 aromatic carbocycles. The fourth-order valence-corrected chi connectivity index (χ4v) is 16.9. The average Bonchev–Trinajstić information content (AvgIpc) is 4.21. The molecule has 0 saturated heterocycles. The van der Waals surface area contributed by atoms with Crippen LogP contribution in [0.2, 0.25) is 0 Å². The Kier molecular flexibility index (Phi) is 12.6. The van der Waals surface area contributed by atoms with Gasteiger partial charge in [-0.2, -0.15) is 0 Å². The van der Waals surface area contributed by atoms with E-state index in [2.05, 4.69) is 164 Å². The zero-order chi connectivity index (χ0) is 46.4. The first-order valence-corrected chi connectivity index (χ1v) is 30.3. The van der Waals surface area contributed by atoms with Crippen molar-refractivity contribution in [2.24, 2.45) is 0 Å². The van der Waals surface area contributed by atoms with Gasteiger partial charge in [-0.15, -0.1) is 68.0 Å². The maximum absolute atomic E-state index is 2.62. The van der Waals surface area contributed by atoms with Gasteiger partial charge in [-0.25, -0.2) is 0 Å². The average molecular weight is 1030 g/mol. The summed E-state index contributed by atoms with van der Waals surface area (Å²) in [5.41, 5.74) is 10.7. The highest BCUT2D eigenvalue weighted by Crippen LogP contribution is 2.44. The molecule has 0 atom stereocenters. The molecule has 10 heteroatoms. The third kappa shape index (κ3) is 8.83. The Morgan fingerprint density at radius 2 is 0.386 bits per heavy atom. The Hall–Kier alpha value is -5.20. The van der Waals surface area contributed by atoms with E-state index in [4.69, 9.17) is 0 Å². The first-order chi connectivity index (χ1) is 34.7. The minimum Gasteiger partial charge on any atom is -0.339 e. The van der Waals surface area contributed by atoms with E-state index in [1.54, 1.807) is 0 Å². The molecule has 10 aromatic heterocycles. The quantitative estimate of drug-likeness (QED) is 0.144. The normalized spacial score (nSPS) is 16.5. The van der Waals surface area contributed by atoms with Gasteiger partial charge in [0.1, 0.15) is 0 Å². The molecule has 0 aliphatic carbocycles. The minimum atomic E-state index is 1.04. The molecule has 70 heavy (non-hydrogen) atoms. The van der Waals surface area contributed by atoms with Gasteiger partial charge in [-0.3, -0.25) is 0 Å². The second-order valence-electron chi connectivity index (χ2n) is 19.1. The SMILES string of the molecule is C1=C\c2ccc(s2)-c2ccc3n2CCCCCCCCn2c(ccc2-c2ccc-3s2)-c2ccc(s2)/C=C\c2ccc(s2)-c2ccc3n2CCCCCCCCn2c(ccc2-c2ccc-3s2)-c2ccc/1s2. The van der Waals surface area contributed by atoms with Crippen LogP contribution >= 0.6 is 68.0 Å². The highest BCUT2D eigenvalue weighted by Gasteiger charge is 2.22. The fourth-order valence-electron chi connectivity index (χ4n) is 10.9. The van der Waals surface area contributed by atoms with Gasteiger partial charge < -0.3 is 18.3 Å². The molecule has 10 aromatic rings. The number of hydrogen-bond acceptors (Lipinski definition) is 6. The summed E-state index contributed by atoms with van der Waals surface area (Å²) >= 11 is 11.5. The van der Waals surface area contributed by atoms with Crippen molar-refractivity contribution in [2.75, 3.05) is 0 Å². The van der Waals surface area contributed by atoms with Crippen LogP contribution in [0.15, 0.2) is 121 Å². The second-order valence-corrected chi connectivity index (χ2v) is 25.7. The molecule has 3 aliphatic rings. The van der Waals surface area contributed by atoms with Gasteiger partial charge in [0, 0.05) is 45.7 Å². The molecule has 0 amide bonds. The van der Waals surface area contributed by atoms with Crippen molar-refractivity contribution < 1.29 is 0 Å². The van der Waals surface area contributed by atoms with Crippen LogP contribution in [0.4, 0.5) is 0 Å². The van der Waals surface area contributed by atoms with E-state index in [9.17, 15) is 0 Å². The zero-order valence-electron chi connectivity index (χ0n) is 39.4. The molecule has 24 bridgehead atoms. The van der Waals surface area contributed by atoms with Crippen molar-refractivity contribution in [1.29, 1.82) is 0 Å². The summed E-state index contributed by atoms with van der Waals surface area (Å²) in [6.45, 7) is 4.17. The fraction of sp³-hybridized carbons (Fsp3) is 0.267. The van der Waals surface area contributed by atoms with Crippen molar-refractivity contribution in [3.63, 3.8) is 0 Å². The molecule has 0 unspecified atom stereocenters. The molecule has 4 nitrogen and oxygen atoms in total. The monoisotopic (exact) mass is 1020 g/mol. The van der Waals surface area contributed by atoms with Crippen molar-refractivity contribution >= 4 is 92.3 Å². The summed E-state index contributed by atoms with van der Waals surface area (Å²) < 4.78 is 10.5. The highest BCUT2D eigenvalue weighted by atomic mass is 32.1. The number of nitrogens with zero attached hydrogens (tertiary/aromatic N) is 4. The van der Waals surface area contributed by atoms with E-state index in [0.717, 1.165) is 26.2 Å². The summed E-state index contributed by atoms with van der Waals surface area (Å²) in [6, 6.07) is 47.2. The Morgan fingerprint density at radius 1 is 0.200 bits per heavy atom. The standard InChI is InChI=1S/C60H56N4S6/c1-2-6-10-38-62-46-22-26-50(62)58-34-33-57(69-58)49-25-21-45(61(49)37-9-5-1)53-29-17-41(65-53)13-14-43-19-31-55(67-43)47-23-27-51-59-35-36-60(70-59)52-28-24-48(64(52)40-12-8-4-3-7-11-39-63(47)51)56-32-20-44(68-56)16-15-42-18-30-54(46)66-42/h13-36H,1-12,37-40H2/b14-13-,16-15-,41-13?,42-15?,43-14?,44-16?,53-45?,54-46?,55-47?,56-48?,57-49?,58-50?,59-51?,60-52?. The van der Waals surface area contributed by atoms with Crippen LogP contribution in [-0.2, 0) is 26.2 Å². The van der Waals surface area contributed by atoms with Gasteiger partial charge in [0.15, 0.2) is 0 Å². The summed E-state index contributed by atoms with van der Waals surface area (Å²) in [4.78, 5) is 15.9. The van der Waals surface area contributed by atoms with E-state index >= 15 is 0 Å². The lowest BCUT2D eigenvalue weighted by molar-refractivity contribution is 0.537. The predicted molar refractivity (Wildman–Crippen MR) is 309 cm³/mol. The Balaban J connectivity index is 0.917. The largest absolute Gasteiger partial charge is 0.339 e. The Bertz CT molecular complexity index is 3040. The van der Waals surface area contributed by atoms with Gasteiger partial charge >= 0.3 is 0 Å². The minimum absolute atomic E-state index is 1.04. The molecule has 0 fully saturated rings. The summed E-state index contributed by atoms with van der Waals surface area (Å²) in [5.74, 6) is 0. The zero-order valence-corrected chi connectivity index (χ0v) is 44.3. The molecule has 0 radical (unpaired) electrons. The third-order valence-corrected chi connectivity index (χ3v) is 21.1. The summed E-state index contributed by atoms with van der Waals surface area (Å²) in [5, 5.41) is 0. The van der Waals surface area contributed by atoms with Crippen molar-refractivity contribution in [3.05, 3.63) is 141 Å². The lowest BCUT2D eigenvalue weighted by atomic mass is 10.1. The van der Waals surface area contributed by atoms with Gasteiger partial charge in [0.2, 0.25) is 0 Å². The van der Waals surface area contributed by atoms with Crippen LogP contribution in [0.3, 0.4) is 0 Å². The van der Waals surface area contributed by atoms with Gasteiger partial charge in [0.05, 0.1) is 84.6 Å². The van der Waals surface area contributed by atoms with Crippen molar-refractivity contribution in [1.82, 2.24) is 18.3 Å². The van der Waals surface area contributed by atoms with E-state index in [1.807, 2.05) is 68.0 Å². The molecule has 0 spiro atoms. The predicted octanol–water partition coefficient (Wildman–Crippen LogP) is 20.0. The summed E-state index contributed by atoms with van der Waals surface area (Å²) in [6.07, 6.45) is 24.4. The maximum atomic E-state index is 2.62. The molecule has 0 N–H and O–H groups in total. The van der Waals surface area contributed by atoms with E-state index in [-0.39, 0.29) is 0 Å². The van der Waals surface area contributed by atoms with Gasteiger partial charge in [-0.05, 0) is 171 Å². The molecule has 3 aliphatic heterocycles. The van der Waals surface area contributed by atoms with Crippen molar-refractivity contribution in [2.45, 2.75) is 103 Å². The Morgan fingerprint density at radius 3 is 0.614 bits per heavy atom. The number of fused-ring (bicyclic) bond motifs is 12. The van der Waals surface area contributed by atoms with Crippen LogP contribution in [0.25, 0.3) is 109 Å². The molecular weight excluding hydrogens is 969 g/mol. The first kappa shape index (κ1) is 44.7. The molecule has 13 rings (SSSR count). The van der Waals surface area contributed by atoms with E-state index in [1.165, 1.54) is 181 Å². The van der Waals surface area contributed by atoms with E-state index in [0.29, 0.717) is 0 Å².